The van der Waals surface area contributed by atoms with Crippen molar-refractivity contribution in [3.8, 4) is 11.5 Å². The molecule has 1 heterocycles. The van der Waals surface area contributed by atoms with Crippen molar-refractivity contribution in [3.63, 3.8) is 0 Å². The van der Waals surface area contributed by atoms with Gasteiger partial charge in [0.2, 0.25) is 0 Å². The number of ether oxygens (including phenoxy) is 1. The Morgan fingerprint density at radius 3 is 2.38 bits per heavy atom. The van der Waals surface area contributed by atoms with Crippen LogP contribution in [0.2, 0.25) is 0 Å². The predicted octanol–water partition coefficient (Wildman–Crippen LogP) is 4.06. The van der Waals surface area contributed by atoms with Crippen molar-refractivity contribution < 1.29 is 4.74 Å². The van der Waals surface area contributed by atoms with Gasteiger partial charge in [-0.15, -0.1) is 0 Å². The van der Waals surface area contributed by atoms with Crippen LogP contribution in [0.1, 0.15) is 0 Å². The summed E-state index contributed by atoms with van der Waals surface area (Å²) in [5, 5.41) is 0. The van der Waals surface area contributed by atoms with Crippen LogP contribution in [-0.2, 0) is 0 Å². The van der Waals surface area contributed by atoms with E-state index in [1.807, 2.05) is 24.3 Å². The largest absolute Gasteiger partial charge is 0.552 e. The van der Waals surface area contributed by atoms with Crippen LogP contribution in [0.5, 0.6) is 11.5 Å². The second kappa shape index (κ2) is 9.43. The average Bonchev–Trinajstić information content (AvgIpc) is 2.33. The molecule has 0 atom stereocenters. The van der Waals surface area contributed by atoms with Gasteiger partial charge in [0.25, 0.3) is 0 Å². The third-order valence-corrected chi connectivity index (χ3v) is 1.56. The molecule has 0 aliphatic rings. The summed E-state index contributed by atoms with van der Waals surface area (Å²) in [6.45, 7) is 0. The van der Waals surface area contributed by atoms with E-state index < -0.39 is 0 Å². The maximum Gasteiger partial charge on any atom is 0.552 e. The lowest BCUT2D eigenvalue weighted by Crippen LogP contribution is -1.83. The number of pyridine rings is 1. The van der Waals surface area contributed by atoms with Gasteiger partial charge in [0.05, 0.1) is 0 Å². The van der Waals surface area contributed by atoms with Crippen LogP contribution in [0.25, 0.3) is 0 Å². The first-order valence-corrected chi connectivity index (χ1v) is 14.8. The molecule has 0 bridgehead atoms. The standard InChI is InChI=1S/C11H8NO.2HI.Mg/c1-2-4-10(5-3-1)13-11-6-8-12-9-7-11;;;/h1-4,6-9H;2*1H;/q;;;+2/p-2. The van der Waals surface area contributed by atoms with Crippen molar-refractivity contribution in [1.82, 2.24) is 4.98 Å². The Morgan fingerprint density at radius 2 is 1.81 bits per heavy atom. The van der Waals surface area contributed by atoms with E-state index in [1.54, 1.807) is 24.5 Å². The fourth-order valence-electron chi connectivity index (χ4n) is 0.974. The minimum atomic E-state index is 0.357. The highest BCUT2D eigenvalue weighted by atomic mass is 127. The summed E-state index contributed by atoms with van der Waals surface area (Å²) in [5.74, 6) is 1.49. The number of nitrogens with zero attached hydrogens (tertiary/aromatic N) is 1. The third-order valence-electron chi connectivity index (χ3n) is 1.56. The molecule has 5 heteroatoms. The maximum absolute atomic E-state index is 5.48. The van der Waals surface area contributed by atoms with Gasteiger partial charge in [-0.3, -0.25) is 42.7 Å². The number of hydrogen-bond donors (Lipinski definition) is 0. The molecule has 2 rings (SSSR count). The summed E-state index contributed by atoms with van der Waals surface area (Å²) in [7, 11) is 0. The SMILES string of the molecule is [I][Mg][I].[c]1ccccc1Oc1ccncc1. The first-order valence-electron chi connectivity index (χ1n) is 4.53. The monoisotopic (exact) mass is 448 g/mol. The Kier molecular flexibility index (Phi) is 8.52. The lowest BCUT2D eigenvalue weighted by Gasteiger charge is -2.02. The molecule has 0 aliphatic heterocycles. The van der Waals surface area contributed by atoms with E-state index in [2.05, 4.69) is 48.8 Å². The van der Waals surface area contributed by atoms with E-state index in [4.69, 9.17) is 4.74 Å². The van der Waals surface area contributed by atoms with E-state index in [0.717, 1.165) is 5.75 Å². The molecule has 1 radical (unpaired) electrons. The summed E-state index contributed by atoms with van der Waals surface area (Å²) < 4.78 is 5.48. The van der Waals surface area contributed by atoms with Crippen LogP contribution in [0, 0.1) is 6.07 Å². The number of para-hydroxylation sites is 1. The number of aromatic nitrogens is 1. The Labute approximate surface area is 125 Å². The summed E-state index contributed by atoms with van der Waals surface area (Å²) in [6.07, 6.45) is 3.39. The van der Waals surface area contributed by atoms with Crippen molar-refractivity contribution >= 4 is 50.3 Å². The molecule has 2 nitrogen and oxygen atoms in total. The molecule has 79 valence electrons. The molecule has 1 aromatic carbocycles. The molecule has 0 saturated carbocycles. The van der Waals surface area contributed by atoms with Gasteiger partial charge < -0.3 is 4.74 Å². The first kappa shape index (κ1) is 14.5. The van der Waals surface area contributed by atoms with Gasteiger partial charge in [-0.05, 0) is 18.2 Å². The van der Waals surface area contributed by atoms with Gasteiger partial charge in [0.1, 0.15) is 11.5 Å². The highest BCUT2D eigenvalue weighted by molar-refractivity contribution is 14.3. The van der Waals surface area contributed by atoms with Crippen molar-refractivity contribution in [2.75, 3.05) is 0 Å². The smallest absolute Gasteiger partial charge is 0.457 e. The predicted molar refractivity (Wildman–Crippen MR) is 83.4 cm³/mol. The lowest BCUT2D eigenvalue weighted by atomic mass is 10.3. The van der Waals surface area contributed by atoms with Gasteiger partial charge in [-0.25, -0.2) is 0 Å². The minimum Gasteiger partial charge on any atom is -0.457 e. The molecule has 0 fully saturated rings. The Bertz CT molecular complexity index is 348. The molecular formula is C11H8I2MgNO. The highest BCUT2D eigenvalue weighted by Crippen LogP contribution is 2.18. The molecule has 0 spiro atoms. The third kappa shape index (κ3) is 6.21. The number of hydrogen-bond acceptors (Lipinski definition) is 2. The Balaban J connectivity index is 0.000000386. The molecular weight excluding hydrogens is 440 g/mol. The topological polar surface area (TPSA) is 22.1 Å². The molecule has 0 N–H and O–H groups in total. The second-order valence-electron chi connectivity index (χ2n) is 2.61. The van der Waals surface area contributed by atoms with E-state index in [-0.39, 0.29) is 0 Å². The van der Waals surface area contributed by atoms with Crippen LogP contribution in [0.4, 0.5) is 0 Å². The van der Waals surface area contributed by atoms with E-state index in [1.165, 1.54) is 0 Å². The summed E-state index contributed by atoms with van der Waals surface area (Å²) in [4.78, 5) is 3.90. The minimum absolute atomic E-state index is 0.357. The van der Waals surface area contributed by atoms with Crippen molar-refractivity contribution in [1.29, 1.82) is 0 Å². The first-order chi connectivity index (χ1) is 7.86. The van der Waals surface area contributed by atoms with E-state index in [9.17, 15) is 0 Å². The number of rotatable bonds is 2. The quantitative estimate of drug-likeness (QED) is 0.511. The molecule has 0 unspecified atom stereocenters. The van der Waals surface area contributed by atoms with Gasteiger partial charge >= 0.3 is 12.6 Å². The van der Waals surface area contributed by atoms with Gasteiger partial charge in [0.15, 0.2) is 0 Å². The molecule has 16 heavy (non-hydrogen) atoms. The zero-order valence-electron chi connectivity index (χ0n) is 8.44. The fraction of sp³-hybridized carbons (Fsp3) is 0. The van der Waals surface area contributed by atoms with Crippen LogP contribution < -0.4 is 4.74 Å². The van der Waals surface area contributed by atoms with Crippen molar-refractivity contribution in [2.45, 2.75) is 0 Å². The summed E-state index contributed by atoms with van der Waals surface area (Å²) >= 11 is 5.18. The normalized spacial score (nSPS) is 8.38. The average molecular weight is 448 g/mol. The maximum atomic E-state index is 5.48. The van der Waals surface area contributed by atoms with Gasteiger partial charge in [0, 0.05) is 18.5 Å². The summed E-state index contributed by atoms with van der Waals surface area (Å²) in [6, 6.07) is 14.1. The molecule has 0 amide bonds. The second-order valence-corrected chi connectivity index (χ2v) is 16.1. The van der Waals surface area contributed by atoms with E-state index in [0.29, 0.717) is 18.3 Å². The zero-order valence-corrected chi connectivity index (χ0v) is 14.2. The Morgan fingerprint density at radius 1 is 1.12 bits per heavy atom. The zero-order chi connectivity index (χ0) is 11.6. The molecule has 0 saturated heterocycles. The van der Waals surface area contributed by atoms with Crippen LogP contribution in [0.15, 0.2) is 48.8 Å². The summed E-state index contributed by atoms with van der Waals surface area (Å²) in [5.41, 5.74) is 0. The molecule has 0 aliphatic carbocycles. The van der Waals surface area contributed by atoms with Crippen molar-refractivity contribution in [3.05, 3.63) is 54.9 Å². The van der Waals surface area contributed by atoms with E-state index >= 15 is 0 Å². The molecule has 1 aromatic heterocycles. The number of halogens is 2. The van der Waals surface area contributed by atoms with Crippen LogP contribution >= 0.6 is 37.7 Å². The Hall–Kier alpha value is 0.396. The van der Waals surface area contributed by atoms with Crippen LogP contribution in [0.3, 0.4) is 0 Å². The van der Waals surface area contributed by atoms with Gasteiger partial charge in [-0.2, -0.15) is 0 Å². The number of benzene rings is 1. The highest BCUT2D eigenvalue weighted by Gasteiger charge is 1.93. The van der Waals surface area contributed by atoms with Gasteiger partial charge in [-0.1, -0.05) is 18.2 Å². The molecule has 2 aromatic rings. The van der Waals surface area contributed by atoms with Crippen LogP contribution in [-0.4, -0.2) is 17.6 Å². The lowest BCUT2D eigenvalue weighted by molar-refractivity contribution is 0.481. The fourth-order valence-corrected chi connectivity index (χ4v) is 0.974. The van der Waals surface area contributed by atoms with Crippen molar-refractivity contribution in [2.24, 2.45) is 0 Å².